The second-order valence-corrected chi connectivity index (χ2v) is 5.20. The standard InChI is InChI=1S/C16H23NO4/c1-4-20-15-8-13-9-17(16(19)21-5-2)11(3)6-12(13)7-14(15)10-18/h7-8,11,18H,4-6,9-10H2,1-3H3. The Bertz CT molecular complexity index is 515. The first-order valence-corrected chi connectivity index (χ1v) is 7.42. The topological polar surface area (TPSA) is 59.0 Å². The van der Waals surface area contributed by atoms with Crippen molar-refractivity contribution in [3.05, 3.63) is 28.8 Å². The van der Waals surface area contributed by atoms with Crippen LogP contribution in [0.25, 0.3) is 0 Å². The van der Waals surface area contributed by atoms with Crippen molar-refractivity contribution in [1.29, 1.82) is 0 Å². The van der Waals surface area contributed by atoms with Gasteiger partial charge >= 0.3 is 6.09 Å². The second kappa shape index (κ2) is 6.80. The highest BCUT2D eigenvalue weighted by atomic mass is 16.6. The van der Waals surface area contributed by atoms with Crippen LogP contribution in [-0.2, 0) is 24.3 Å². The molecule has 0 spiro atoms. The third-order valence-corrected chi connectivity index (χ3v) is 3.74. The third-order valence-electron chi connectivity index (χ3n) is 3.74. The highest BCUT2D eigenvalue weighted by Gasteiger charge is 2.28. The number of aliphatic hydroxyl groups is 1. The molecule has 116 valence electrons. The number of benzene rings is 1. The molecule has 0 radical (unpaired) electrons. The molecule has 5 nitrogen and oxygen atoms in total. The van der Waals surface area contributed by atoms with Gasteiger partial charge in [-0.3, -0.25) is 0 Å². The highest BCUT2D eigenvalue weighted by Crippen LogP contribution is 2.30. The SMILES string of the molecule is CCOC(=O)N1Cc2cc(OCC)c(CO)cc2CC1C. The molecule has 1 aliphatic heterocycles. The summed E-state index contributed by atoms with van der Waals surface area (Å²) in [6, 6.07) is 4.00. The van der Waals surface area contributed by atoms with Gasteiger partial charge in [-0.05, 0) is 50.5 Å². The minimum absolute atomic E-state index is 0.0431. The molecule has 0 saturated heterocycles. The fraction of sp³-hybridized carbons (Fsp3) is 0.562. The lowest BCUT2D eigenvalue weighted by Crippen LogP contribution is -2.42. The monoisotopic (exact) mass is 293 g/mol. The first kappa shape index (κ1) is 15.6. The zero-order valence-electron chi connectivity index (χ0n) is 12.9. The Morgan fingerprint density at radius 2 is 2.10 bits per heavy atom. The van der Waals surface area contributed by atoms with Crippen LogP contribution in [0.15, 0.2) is 12.1 Å². The molecule has 1 N–H and O–H groups in total. The zero-order valence-corrected chi connectivity index (χ0v) is 12.9. The van der Waals surface area contributed by atoms with Crippen molar-refractivity contribution in [2.24, 2.45) is 0 Å². The first-order chi connectivity index (χ1) is 10.1. The second-order valence-electron chi connectivity index (χ2n) is 5.20. The maximum Gasteiger partial charge on any atom is 0.410 e. The fourth-order valence-electron chi connectivity index (χ4n) is 2.69. The fourth-order valence-corrected chi connectivity index (χ4v) is 2.69. The van der Waals surface area contributed by atoms with Crippen LogP contribution in [0.2, 0.25) is 0 Å². The van der Waals surface area contributed by atoms with E-state index in [-0.39, 0.29) is 18.7 Å². The summed E-state index contributed by atoms with van der Waals surface area (Å²) in [6.45, 7) is 7.12. The van der Waals surface area contributed by atoms with Gasteiger partial charge in [-0.1, -0.05) is 0 Å². The number of hydrogen-bond acceptors (Lipinski definition) is 4. The molecule has 0 saturated carbocycles. The Morgan fingerprint density at radius 1 is 1.33 bits per heavy atom. The molecule has 0 aliphatic carbocycles. The van der Waals surface area contributed by atoms with E-state index >= 15 is 0 Å². The predicted molar refractivity (Wildman–Crippen MR) is 79.3 cm³/mol. The van der Waals surface area contributed by atoms with Crippen LogP contribution in [0.1, 0.15) is 37.5 Å². The van der Waals surface area contributed by atoms with E-state index in [1.165, 1.54) is 0 Å². The van der Waals surface area contributed by atoms with Gasteiger partial charge in [0.15, 0.2) is 0 Å². The van der Waals surface area contributed by atoms with Gasteiger partial charge in [0.2, 0.25) is 0 Å². The van der Waals surface area contributed by atoms with Gasteiger partial charge in [0.1, 0.15) is 5.75 Å². The number of carbonyl (C=O) groups is 1. The number of rotatable bonds is 4. The number of ether oxygens (including phenoxy) is 2. The lowest BCUT2D eigenvalue weighted by molar-refractivity contribution is 0.0860. The molecule has 1 aliphatic rings. The quantitative estimate of drug-likeness (QED) is 0.926. The summed E-state index contributed by atoms with van der Waals surface area (Å²) in [4.78, 5) is 13.7. The largest absolute Gasteiger partial charge is 0.493 e. The van der Waals surface area contributed by atoms with Crippen molar-refractivity contribution >= 4 is 6.09 Å². The maximum atomic E-state index is 12.0. The van der Waals surface area contributed by atoms with Gasteiger partial charge in [0.05, 0.1) is 19.8 Å². The summed E-state index contributed by atoms with van der Waals surface area (Å²) >= 11 is 0. The number of amides is 1. The van der Waals surface area contributed by atoms with Gasteiger partial charge in [-0.2, -0.15) is 0 Å². The molecular weight excluding hydrogens is 270 g/mol. The van der Waals surface area contributed by atoms with Gasteiger partial charge in [-0.25, -0.2) is 4.79 Å². The van der Waals surface area contributed by atoms with E-state index in [1.54, 1.807) is 11.8 Å². The van der Waals surface area contributed by atoms with Crippen molar-refractivity contribution in [2.75, 3.05) is 13.2 Å². The van der Waals surface area contributed by atoms with Gasteiger partial charge < -0.3 is 19.5 Å². The Hall–Kier alpha value is -1.75. The number of fused-ring (bicyclic) bond motifs is 1. The molecule has 5 heteroatoms. The van der Waals surface area contributed by atoms with E-state index in [1.807, 2.05) is 26.0 Å². The number of nitrogens with zero attached hydrogens (tertiary/aromatic N) is 1. The Kier molecular flexibility index (Phi) is 5.07. The molecular formula is C16H23NO4. The molecule has 1 unspecified atom stereocenters. The molecule has 2 rings (SSSR count). The van der Waals surface area contributed by atoms with Crippen molar-refractivity contribution in [3.8, 4) is 5.75 Å². The van der Waals surface area contributed by atoms with E-state index in [2.05, 4.69) is 0 Å². The minimum atomic E-state index is -0.278. The van der Waals surface area contributed by atoms with E-state index in [4.69, 9.17) is 9.47 Å². The molecule has 1 heterocycles. The summed E-state index contributed by atoms with van der Waals surface area (Å²) in [5, 5.41) is 9.46. The maximum absolute atomic E-state index is 12.0. The smallest absolute Gasteiger partial charge is 0.410 e. The molecule has 1 atom stereocenters. The van der Waals surface area contributed by atoms with Crippen molar-refractivity contribution in [1.82, 2.24) is 4.90 Å². The highest BCUT2D eigenvalue weighted by molar-refractivity contribution is 5.68. The van der Waals surface area contributed by atoms with Crippen LogP contribution in [0.5, 0.6) is 5.75 Å². The predicted octanol–water partition coefficient (Wildman–Crippen LogP) is 2.48. The van der Waals surface area contributed by atoms with E-state index in [9.17, 15) is 9.90 Å². The summed E-state index contributed by atoms with van der Waals surface area (Å²) < 4.78 is 10.7. The van der Waals surface area contributed by atoms with Crippen LogP contribution >= 0.6 is 0 Å². The van der Waals surface area contributed by atoms with Gasteiger partial charge in [0, 0.05) is 18.2 Å². The van der Waals surface area contributed by atoms with Gasteiger partial charge in [-0.15, -0.1) is 0 Å². The zero-order chi connectivity index (χ0) is 15.4. The number of aliphatic hydroxyl groups excluding tert-OH is 1. The van der Waals surface area contributed by atoms with Crippen LogP contribution in [0, 0.1) is 0 Å². The van der Waals surface area contributed by atoms with E-state index in [0.29, 0.717) is 25.5 Å². The first-order valence-electron chi connectivity index (χ1n) is 7.42. The van der Waals surface area contributed by atoms with Gasteiger partial charge in [0.25, 0.3) is 0 Å². The third kappa shape index (κ3) is 3.29. The molecule has 1 aromatic carbocycles. The molecule has 21 heavy (non-hydrogen) atoms. The van der Waals surface area contributed by atoms with Crippen molar-refractivity contribution in [2.45, 2.75) is 46.4 Å². The Morgan fingerprint density at radius 3 is 2.71 bits per heavy atom. The molecule has 1 aromatic rings. The van der Waals surface area contributed by atoms with E-state index < -0.39 is 0 Å². The lowest BCUT2D eigenvalue weighted by Gasteiger charge is -2.34. The van der Waals surface area contributed by atoms with Crippen LogP contribution < -0.4 is 4.74 Å². The van der Waals surface area contributed by atoms with Crippen LogP contribution in [0.4, 0.5) is 4.79 Å². The Balaban J connectivity index is 2.29. The normalized spacial score (nSPS) is 17.3. The average molecular weight is 293 g/mol. The summed E-state index contributed by atoms with van der Waals surface area (Å²) in [5.74, 6) is 0.692. The minimum Gasteiger partial charge on any atom is -0.493 e. The summed E-state index contributed by atoms with van der Waals surface area (Å²) in [7, 11) is 0. The molecule has 0 aromatic heterocycles. The van der Waals surface area contributed by atoms with Crippen molar-refractivity contribution in [3.63, 3.8) is 0 Å². The summed E-state index contributed by atoms with van der Waals surface area (Å²) in [6.07, 6.45) is 0.480. The number of carbonyl (C=O) groups excluding carboxylic acids is 1. The number of hydrogen-bond donors (Lipinski definition) is 1. The molecule has 1 amide bonds. The van der Waals surface area contributed by atoms with Crippen LogP contribution in [-0.4, -0.2) is 35.4 Å². The van der Waals surface area contributed by atoms with Crippen LogP contribution in [0.3, 0.4) is 0 Å². The lowest BCUT2D eigenvalue weighted by atomic mass is 9.93. The van der Waals surface area contributed by atoms with Crippen molar-refractivity contribution < 1.29 is 19.4 Å². The van der Waals surface area contributed by atoms with E-state index in [0.717, 1.165) is 23.1 Å². The summed E-state index contributed by atoms with van der Waals surface area (Å²) in [5.41, 5.74) is 3.02. The molecule has 0 bridgehead atoms. The molecule has 0 fully saturated rings. The average Bonchev–Trinajstić information content (AvgIpc) is 2.46. The Labute approximate surface area is 125 Å².